The van der Waals surface area contributed by atoms with Crippen LogP contribution in [0.1, 0.15) is 0 Å². The van der Waals surface area contributed by atoms with Crippen molar-refractivity contribution >= 4 is 11.2 Å². The second-order valence-corrected chi connectivity index (χ2v) is 2.58. The van der Waals surface area contributed by atoms with Gasteiger partial charge in [0.1, 0.15) is 5.52 Å². The lowest BCUT2D eigenvalue weighted by molar-refractivity contribution is 0.381. The molecule has 0 aliphatic rings. The number of hydrogen-bond acceptors (Lipinski definition) is 4. The van der Waals surface area contributed by atoms with Crippen LogP contribution in [-0.4, -0.2) is 26.6 Å². The van der Waals surface area contributed by atoms with Crippen molar-refractivity contribution in [1.29, 1.82) is 0 Å². The molecule has 0 saturated carbocycles. The Hall–Kier alpha value is -1.85. The highest BCUT2D eigenvalue weighted by atomic mass is 16.5. The van der Waals surface area contributed by atoms with E-state index in [0.29, 0.717) is 11.2 Å². The summed E-state index contributed by atoms with van der Waals surface area (Å²) < 4.78 is 6.24. The predicted octanol–water partition coefficient (Wildman–Crippen LogP) is -0.335. The third-order valence-electron chi connectivity index (χ3n) is 1.79. The summed E-state index contributed by atoms with van der Waals surface area (Å²) in [5.74, 6) is 0. The summed E-state index contributed by atoms with van der Waals surface area (Å²) in [5.41, 5.74) is 0.933. The van der Waals surface area contributed by atoms with Crippen LogP contribution in [0.3, 0.4) is 0 Å². The minimum atomic E-state index is -0.211. The van der Waals surface area contributed by atoms with E-state index in [9.17, 15) is 4.79 Å². The Bertz CT molecular complexity index is 499. The number of imidazole rings is 1. The van der Waals surface area contributed by atoms with Crippen molar-refractivity contribution in [2.45, 2.75) is 0 Å². The smallest absolute Gasteiger partial charge is 0.327 e. The molecule has 0 aromatic carbocycles. The number of nitrogens with zero attached hydrogens (tertiary/aromatic N) is 3. The Balaban J connectivity index is 2.82. The average Bonchev–Trinajstić information content (AvgIpc) is 2.43. The molecule has 0 unspecified atom stereocenters. The number of nitrogens with one attached hydrogen (secondary N) is 1. The largest absolute Gasteiger partial charge is 0.467 e. The fraction of sp³-hybridized carbons (Fsp3) is 0.286. The van der Waals surface area contributed by atoms with Crippen LogP contribution in [0.25, 0.3) is 11.2 Å². The molecule has 1 N–H and O–H groups in total. The lowest BCUT2D eigenvalue weighted by Crippen LogP contribution is -2.12. The molecular weight excluding hydrogens is 172 g/mol. The van der Waals surface area contributed by atoms with Gasteiger partial charge in [0, 0.05) is 7.05 Å². The van der Waals surface area contributed by atoms with Crippen LogP contribution in [0, 0.1) is 0 Å². The first kappa shape index (κ1) is 7.78. The van der Waals surface area contributed by atoms with E-state index in [2.05, 4.69) is 15.0 Å². The van der Waals surface area contributed by atoms with Gasteiger partial charge in [-0.1, -0.05) is 0 Å². The first-order valence-corrected chi connectivity index (χ1v) is 3.68. The molecule has 6 nitrogen and oxygen atoms in total. The number of ether oxygens (including phenoxy) is 1. The van der Waals surface area contributed by atoms with Crippen molar-refractivity contribution in [2.75, 3.05) is 7.11 Å². The van der Waals surface area contributed by atoms with E-state index in [1.54, 1.807) is 7.05 Å². The van der Waals surface area contributed by atoms with Crippen LogP contribution in [0.2, 0.25) is 0 Å². The maximum Gasteiger partial charge on any atom is 0.327 e. The van der Waals surface area contributed by atoms with E-state index in [1.165, 1.54) is 17.9 Å². The molecule has 0 aliphatic carbocycles. The third kappa shape index (κ3) is 1.07. The summed E-state index contributed by atoms with van der Waals surface area (Å²) in [6.45, 7) is 0. The Morgan fingerprint density at radius 3 is 3.08 bits per heavy atom. The summed E-state index contributed by atoms with van der Waals surface area (Å²) in [4.78, 5) is 21.6. The topological polar surface area (TPSA) is 72.8 Å². The minimum Gasteiger partial charge on any atom is -0.467 e. The van der Waals surface area contributed by atoms with E-state index < -0.39 is 0 Å². The number of methoxy groups -OCH3 is 1. The van der Waals surface area contributed by atoms with Crippen molar-refractivity contribution in [2.24, 2.45) is 7.05 Å². The maximum atomic E-state index is 11.1. The van der Waals surface area contributed by atoms with Gasteiger partial charge < -0.3 is 9.72 Å². The van der Waals surface area contributed by atoms with Crippen LogP contribution in [0.15, 0.2) is 11.0 Å². The summed E-state index contributed by atoms with van der Waals surface area (Å²) in [6, 6.07) is 0.252. The summed E-state index contributed by atoms with van der Waals surface area (Å²) >= 11 is 0. The minimum absolute atomic E-state index is 0.211. The van der Waals surface area contributed by atoms with Crippen LogP contribution < -0.4 is 10.4 Å². The van der Waals surface area contributed by atoms with E-state index >= 15 is 0 Å². The normalized spacial score (nSPS) is 10.6. The molecule has 68 valence electrons. The molecule has 0 amide bonds. The zero-order valence-corrected chi connectivity index (χ0v) is 7.24. The molecule has 2 aromatic heterocycles. The maximum absolute atomic E-state index is 11.1. The Morgan fingerprint density at radius 2 is 2.38 bits per heavy atom. The van der Waals surface area contributed by atoms with E-state index in [-0.39, 0.29) is 11.7 Å². The lowest BCUT2D eigenvalue weighted by atomic mass is 10.6. The van der Waals surface area contributed by atoms with Crippen LogP contribution in [-0.2, 0) is 7.05 Å². The van der Waals surface area contributed by atoms with Crippen LogP contribution >= 0.6 is 0 Å². The standard InChI is InChI=1S/C7H8N4O2/c1-11-5-4(9-7(11)12)3-8-6(10-5)13-2/h3H,1-2H3,(H,9,12). The molecule has 0 radical (unpaired) electrons. The third-order valence-corrected chi connectivity index (χ3v) is 1.79. The molecule has 0 spiro atoms. The summed E-state index contributed by atoms with van der Waals surface area (Å²) in [7, 11) is 3.11. The zero-order valence-electron chi connectivity index (χ0n) is 7.24. The van der Waals surface area contributed by atoms with Crippen molar-refractivity contribution in [3.05, 3.63) is 16.7 Å². The molecule has 0 saturated heterocycles. The number of aromatic nitrogens is 4. The highest BCUT2D eigenvalue weighted by molar-refractivity contribution is 5.69. The fourth-order valence-corrected chi connectivity index (χ4v) is 1.09. The number of aryl methyl sites for hydroxylation is 1. The van der Waals surface area contributed by atoms with Gasteiger partial charge in [0.2, 0.25) is 0 Å². The molecule has 2 rings (SSSR count). The van der Waals surface area contributed by atoms with Crippen LogP contribution in [0.4, 0.5) is 0 Å². The summed E-state index contributed by atoms with van der Waals surface area (Å²) in [6.07, 6.45) is 1.52. The fourth-order valence-electron chi connectivity index (χ4n) is 1.09. The van der Waals surface area contributed by atoms with Crippen LogP contribution in [0.5, 0.6) is 6.01 Å². The second-order valence-electron chi connectivity index (χ2n) is 2.58. The molecule has 2 heterocycles. The van der Waals surface area contributed by atoms with E-state index in [0.717, 1.165) is 0 Å². The molecule has 0 aliphatic heterocycles. The van der Waals surface area contributed by atoms with Gasteiger partial charge >= 0.3 is 11.7 Å². The second kappa shape index (κ2) is 2.58. The van der Waals surface area contributed by atoms with Gasteiger partial charge in [-0.3, -0.25) is 4.57 Å². The highest BCUT2D eigenvalue weighted by Gasteiger charge is 2.05. The molecule has 2 aromatic rings. The van der Waals surface area contributed by atoms with Gasteiger partial charge in [-0.05, 0) is 0 Å². The van der Waals surface area contributed by atoms with Gasteiger partial charge in [0.25, 0.3) is 0 Å². The highest BCUT2D eigenvalue weighted by Crippen LogP contribution is 2.07. The zero-order chi connectivity index (χ0) is 9.42. The van der Waals surface area contributed by atoms with Gasteiger partial charge in [0.15, 0.2) is 5.65 Å². The molecule has 0 fully saturated rings. The van der Waals surface area contributed by atoms with Gasteiger partial charge in [-0.2, -0.15) is 4.98 Å². The average molecular weight is 180 g/mol. The predicted molar refractivity (Wildman–Crippen MR) is 45.7 cm³/mol. The lowest BCUT2D eigenvalue weighted by Gasteiger charge is -1.96. The quantitative estimate of drug-likeness (QED) is 0.651. The van der Waals surface area contributed by atoms with Crippen molar-refractivity contribution in [1.82, 2.24) is 19.5 Å². The SMILES string of the molecule is COc1ncc2[nH]c(=O)n(C)c2n1. The first-order chi connectivity index (χ1) is 6.22. The van der Waals surface area contributed by atoms with E-state index in [1.807, 2.05) is 0 Å². The molecule has 0 atom stereocenters. The Kier molecular flexibility index (Phi) is 1.54. The molecule has 6 heteroatoms. The van der Waals surface area contributed by atoms with Gasteiger partial charge in [-0.25, -0.2) is 9.78 Å². The summed E-state index contributed by atoms with van der Waals surface area (Å²) in [5, 5.41) is 0. The number of H-pyrrole nitrogens is 1. The van der Waals surface area contributed by atoms with Crippen molar-refractivity contribution in [3.8, 4) is 6.01 Å². The van der Waals surface area contributed by atoms with E-state index in [4.69, 9.17) is 4.74 Å². The number of fused-ring (bicyclic) bond motifs is 1. The number of aromatic amines is 1. The van der Waals surface area contributed by atoms with Crippen molar-refractivity contribution < 1.29 is 4.74 Å². The van der Waals surface area contributed by atoms with Gasteiger partial charge in [-0.15, -0.1) is 0 Å². The van der Waals surface area contributed by atoms with Gasteiger partial charge in [0.05, 0.1) is 13.3 Å². The molecule has 0 bridgehead atoms. The molecular formula is C7H8N4O2. The first-order valence-electron chi connectivity index (χ1n) is 3.68. The number of rotatable bonds is 1. The van der Waals surface area contributed by atoms with Crippen molar-refractivity contribution in [3.63, 3.8) is 0 Å². The monoisotopic (exact) mass is 180 g/mol. The molecule has 13 heavy (non-hydrogen) atoms. The number of hydrogen-bond donors (Lipinski definition) is 1. The Labute approximate surface area is 73.2 Å². The Morgan fingerprint density at radius 1 is 1.62 bits per heavy atom.